The summed E-state index contributed by atoms with van der Waals surface area (Å²) in [6.07, 6.45) is 0. The van der Waals surface area contributed by atoms with E-state index in [-0.39, 0.29) is 0 Å². The molecule has 0 fully saturated rings. The molecule has 0 unspecified atom stereocenters. The van der Waals surface area contributed by atoms with Crippen molar-refractivity contribution >= 4 is 17.6 Å². The summed E-state index contributed by atoms with van der Waals surface area (Å²) in [7, 11) is 3.47. The second kappa shape index (κ2) is 6.67. The minimum absolute atomic E-state index is 0.392. The summed E-state index contributed by atoms with van der Waals surface area (Å²) >= 11 is 1.53. The second-order valence-electron chi connectivity index (χ2n) is 4.42. The van der Waals surface area contributed by atoms with Crippen molar-refractivity contribution in [1.82, 2.24) is 15.0 Å². The minimum Gasteiger partial charge on any atom is -0.377 e. The van der Waals surface area contributed by atoms with E-state index < -0.39 is 0 Å². The van der Waals surface area contributed by atoms with Gasteiger partial charge < -0.3 is 10.1 Å². The van der Waals surface area contributed by atoms with E-state index in [0.717, 1.165) is 21.6 Å². The molecule has 0 saturated heterocycles. The molecule has 2 rings (SSSR count). The minimum atomic E-state index is 0.392. The number of aryl methyl sites for hydroxylation is 2. The smallest absolute Gasteiger partial charge is 0.157 e. The number of rotatable bonds is 5. The van der Waals surface area contributed by atoms with E-state index in [9.17, 15) is 0 Å². The van der Waals surface area contributed by atoms with Gasteiger partial charge in [0.1, 0.15) is 22.5 Å². The molecule has 0 saturated carbocycles. The van der Waals surface area contributed by atoms with Crippen LogP contribution < -0.4 is 5.32 Å². The van der Waals surface area contributed by atoms with Crippen LogP contribution in [0.2, 0.25) is 0 Å². The van der Waals surface area contributed by atoms with Gasteiger partial charge in [-0.3, -0.25) is 0 Å². The topological polar surface area (TPSA) is 59.9 Å². The monoisotopic (exact) mass is 290 g/mol. The molecule has 1 N–H and O–H groups in total. The summed E-state index contributed by atoms with van der Waals surface area (Å²) in [5, 5.41) is 4.83. The lowest BCUT2D eigenvalue weighted by molar-refractivity contribution is 0.177. The number of ether oxygens (including phenoxy) is 1. The molecule has 0 aliphatic heterocycles. The van der Waals surface area contributed by atoms with Gasteiger partial charge in [-0.2, -0.15) is 0 Å². The molecule has 20 heavy (non-hydrogen) atoms. The van der Waals surface area contributed by atoms with Gasteiger partial charge in [-0.05, 0) is 43.3 Å². The van der Waals surface area contributed by atoms with Crippen molar-refractivity contribution in [1.29, 1.82) is 0 Å². The molecule has 106 valence electrons. The highest BCUT2D eigenvalue weighted by Crippen LogP contribution is 2.27. The number of nitrogens with one attached hydrogen (secondary N) is 1. The van der Waals surface area contributed by atoms with Crippen LogP contribution in [0.1, 0.15) is 17.1 Å². The second-order valence-corrected chi connectivity index (χ2v) is 5.46. The highest BCUT2D eigenvalue weighted by Gasteiger charge is 2.07. The van der Waals surface area contributed by atoms with Gasteiger partial charge in [0.25, 0.3) is 0 Å². The molecule has 0 radical (unpaired) electrons. The van der Waals surface area contributed by atoms with E-state index in [0.29, 0.717) is 12.4 Å². The van der Waals surface area contributed by atoms with E-state index in [1.54, 1.807) is 7.11 Å². The molecular weight excluding hydrogens is 272 g/mol. The van der Waals surface area contributed by atoms with Gasteiger partial charge >= 0.3 is 0 Å². The number of hydrogen-bond acceptors (Lipinski definition) is 6. The number of hydrogen-bond donors (Lipinski definition) is 1. The van der Waals surface area contributed by atoms with E-state index in [1.807, 2.05) is 20.0 Å². The zero-order chi connectivity index (χ0) is 14.5. The lowest BCUT2D eigenvalue weighted by Crippen LogP contribution is -2.02. The fourth-order valence-electron chi connectivity index (χ4n) is 1.81. The molecule has 5 nitrogen and oxygen atoms in total. The summed E-state index contributed by atoms with van der Waals surface area (Å²) in [6, 6.07) is 6.01. The van der Waals surface area contributed by atoms with E-state index >= 15 is 0 Å². The van der Waals surface area contributed by atoms with Gasteiger partial charge in [-0.15, -0.1) is 0 Å². The molecule has 0 spiro atoms. The standard InChI is InChI=1S/C14H18N4OS/c1-9-5-10(2)16-13(6-9)20-14-7-11(15-3)17-12(18-14)8-19-4/h5-7H,8H2,1-4H3,(H,15,17,18). The number of pyridine rings is 1. The first-order chi connectivity index (χ1) is 9.60. The number of anilines is 1. The Morgan fingerprint density at radius 2 is 1.85 bits per heavy atom. The van der Waals surface area contributed by atoms with Crippen molar-refractivity contribution in [2.24, 2.45) is 0 Å². The number of methoxy groups -OCH3 is 1. The average Bonchev–Trinajstić information content (AvgIpc) is 2.37. The lowest BCUT2D eigenvalue weighted by Gasteiger charge is -2.07. The van der Waals surface area contributed by atoms with Gasteiger partial charge in [0.2, 0.25) is 0 Å². The van der Waals surface area contributed by atoms with Gasteiger partial charge in [-0.25, -0.2) is 15.0 Å². The summed E-state index contributed by atoms with van der Waals surface area (Å²) in [6.45, 7) is 4.45. The molecular formula is C14H18N4OS. The quantitative estimate of drug-likeness (QED) is 0.854. The molecule has 0 bridgehead atoms. The van der Waals surface area contributed by atoms with Crippen LogP contribution >= 0.6 is 11.8 Å². The predicted octanol–water partition coefficient (Wildman–Crippen LogP) is 2.83. The van der Waals surface area contributed by atoms with Crippen LogP contribution in [0.25, 0.3) is 0 Å². The molecule has 2 heterocycles. The van der Waals surface area contributed by atoms with Crippen LogP contribution in [0, 0.1) is 13.8 Å². The Morgan fingerprint density at radius 3 is 2.50 bits per heavy atom. The first kappa shape index (κ1) is 14.7. The maximum absolute atomic E-state index is 5.09. The fourth-order valence-corrected chi connectivity index (χ4v) is 2.78. The Labute approximate surface area is 123 Å². The van der Waals surface area contributed by atoms with Crippen molar-refractivity contribution in [3.8, 4) is 0 Å². The first-order valence-electron chi connectivity index (χ1n) is 6.28. The molecule has 0 aliphatic carbocycles. The van der Waals surface area contributed by atoms with Crippen molar-refractivity contribution < 1.29 is 4.74 Å². The SMILES string of the molecule is CNc1cc(Sc2cc(C)cc(C)n2)nc(COC)n1. The van der Waals surface area contributed by atoms with Gasteiger partial charge in [0, 0.05) is 25.9 Å². The summed E-state index contributed by atoms with van der Waals surface area (Å²) in [5.41, 5.74) is 2.20. The third-order valence-electron chi connectivity index (χ3n) is 2.56. The summed E-state index contributed by atoms with van der Waals surface area (Å²) in [5.74, 6) is 1.44. The van der Waals surface area contributed by atoms with Crippen molar-refractivity contribution in [3.05, 3.63) is 35.3 Å². The average molecular weight is 290 g/mol. The number of aromatic nitrogens is 3. The van der Waals surface area contributed by atoms with Gasteiger partial charge in [0.05, 0.1) is 0 Å². The van der Waals surface area contributed by atoms with E-state index in [4.69, 9.17) is 4.74 Å². The fraction of sp³-hybridized carbons (Fsp3) is 0.357. The van der Waals surface area contributed by atoms with E-state index in [2.05, 4.69) is 39.3 Å². The zero-order valence-corrected chi connectivity index (χ0v) is 12.9. The Morgan fingerprint density at radius 1 is 1.10 bits per heavy atom. The Hall–Kier alpha value is -1.66. The molecule has 0 amide bonds. The molecule has 0 aliphatic rings. The maximum Gasteiger partial charge on any atom is 0.157 e. The van der Waals surface area contributed by atoms with Gasteiger partial charge in [0.15, 0.2) is 5.82 Å². The van der Waals surface area contributed by atoms with Gasteiger partial charge in [-0.1, -0.05) is 0 Å². The van der Waals surface area contributed by atoms with Crippen LogP contribution in [-0.2, 0) is 11.3 Å². The van der Waals surface area contributed by atoms with Crippen LogP contribution in [-0.4, -0.2) is 29.1 Å². The van der Waals surface area contributed by atoms with Crippen molar-refractivity contribution in [2.45, 2.75) is 30.5 Å². The van der Waals surface area contributed by atoms with Crippen LogP contribution in [0.5, 0.6) is 0 Å². The first-order valence-corrected chi connectivity index (χ1v) is 7.10. The van der Waals surface area contributed by atoms with E-state index in [1.165, 1.54) is 17.3 Å². The Balaban J connectivity index is 2.29. The summed E-state index contributed by atoms with van der Waals surface area (Å²) in [4.78, 5) is 13.3. The predicted molar refractivity (Wildman–Crippen MR) is 80.1 cm³/mol. The Kier molecular flexibility index (Phi) is 4.92. The third-order valence-corrected chi connectivity index (χ3v) is 3.40. The highest BCUT2D eigenvalue weighted by molar-refractivity contribution is 7.99. The van der Waals surface area contributed by atoms with Crippen LogP contribution in [0.15, 0.2) is 28.3 Å². The molecule has 0 aromatic carbocycles. The third kappa shape index (κ3) is 3.91. The largest absolute Gasteiger partial charge is 0.377 e. The molecule has 0 atom stereocenters. The maximum atomic E-state index is 5.09. The van der Waals surface area contributed by atoms with Crippen molar-refractivity contribution in [2.75, 3.05) is 19.5 Å². The van der Waals surface area contributed by atoms with Crippen LogP contribution in [0.3, 0.4) is 0 Å². The zero-order valence-electron chi connectivity index (χ0n) is 12.1. The van der Waals surface area contributed by atoms with Crippen LogP contribution in [0.4, 0.5) is 5.82 Å². The lowest BCUT2D eigenvalue weighted by atomic mass is 10.3. The number of nitrogens with zero attached hydrogens (tertiary/aromatic N) is 3. The normalized spacial score (nSPS) is 10.6. The summed E-state index contributed by atoms with van der Waals surface area (Å²) < 4.78 is 5.09. The highest BCUT2D eigenvalue weighted by atomic mass is 32.2. The van der Waals surface area contributed by atoms with Crippen molar-refractivity contribution in [3.63, 3.8) is 0 Å². The molecule has 6 heteroatoms. The molecule has 2 aromatic heterocycles. The Bertz CT molecular complexity index is 583. The molecule has 2 aromatic rings.